The predicted molar refractivity (Wildman–Crippen MR) is 81.9 cm³/mol. The fraction of sp³-hybridized carbons (Fsp3) is 0.533. The summed E-state index contributed by atoms with van der Waals surface area (Å²) in [7, 11) is -3.33. The molecule has 0 saturated heterocycles. The zero-order valence-corrected chi connectivity index (χ0v) is 12.9. The van der Waals surface area contributed by atoms with E-state index in [0.29, 0.717) is 4.90 Å². The summed E-state index contributed by atoms with van der Waals surface area (Å²) >= 11 is 0. The molecule has 2 N–H and O–H groups in total. The van der Waals surface area contributed by atoms with Crippen molar-refractivity contribution in [3.8, 4) is 0 Å². The van der Waals surface area contributed by atoms with Gasteiger partial charge in [0.05, 0.1) is 10.6 Å². The monoisotopic (exact) mass is 310 g/mol. The second-order valence-electron chi connectivity index (χ2n) is 5.37. The number of sulfone groups is 1. The Labute approximate surface area is 126 Å². The van der Waals surface area contributed by atoms with Crippen LogP contribution in [-0.2, 0) is 9.84 Å². The summed E-state index contributed by atoms with van der Waals surface area (Å²) in [4.78, 5) is 12.0. The molecule has 0 atom stereocenters. The van der Waals surface area contributed by atoms with Crippen LogP contribution in [0.15, 0.2) is 35.2 Å². The molecule has 1 aromatic rings. The van der Waals surface area contributed by atoms with Crippen LogP contribution >= 0.6 is 0 Å². The first-order valence-electron chi connectivity index (χ1n) is 7.40. The van der Waals surface area contributed by atoms with Crippen LogP contribution in [0.25, 0.3) is 0 Å². The number of hydrogen-bond acceptors (Lipinski definition) is 3. The Morgan fingerprint density at radius 2 is 1.76 bits per heavy atom. The van der Waals surface area contributed by atoms with Crippen LogP contribution < -0.4 is 10.6 Å². The molecule has 1 aromatic carbocycles. The summed E-state index contributed by atoms with van der Waals surface area (Å²) in [5, 5.41) is 5.53. The highest BCUT2D eigenvalue weighted by molar-refractivity contribution is 7.91. The molecule has 1 saturated carbocycles. The molecule has 0 aromatic heterocycles. The molecular formula is C15H22N2O3S. The van der Waals surface area contributed by atoms with Crippen LogP contribution in [0.3, 0.4) is 0 Å². The minimum Gasteiger partial charge on any atom is -0.337 e. The standard InChI is InChI=1S/C15H22N2O3S/c18-15(17-13-7-3-1-4-8-13)16-11-12-21(19,20)14-9-5-2-6-10-14/h2,5-6,9-10,13H,1,3-4,7-8,11-12H2,(H2,16,17,18). The van der Waals surface area contributed by atoms with E-state index in [2.05, 4.69) is 10.6 Å². The molecule has 1 aliphatic carbocycles. The maximum Gasteiger partial charge on any atom is 0.315 e. The van der Waals surface area contributed by atoms with E-state index in [4.69, 9.17) is 0 Å². The van der Waals surface area contributed by atoms with E-state index >= 15 is 0 Å². The van der Waals surface area contributed by atoms with Gasteiger partial charge < -0.3 is 10.6 Å². The van der Waals surface area contributed by atoms with Gasteiger partial charge in [0.25, 0.3) is 0 Å². The number of rotatable bonds is 5. The van der Waals surface area contributed by atoms with Crippen molar-refractivity contribution < 1.29 is 13.2 Å². The molecule has 116 valence electrons. The van der Waals surface area contributed by atoms with Gasteiger partial charge in [-0.3, -0.25) is 0 Å². The summed E-state index contributed by atoms with van der Waals surface area (Å²) < 4.78 is 24.1. The SMILES string of the molecule is O=C(NCCS(=O)(=O)c1ccccc1)NC1CCCCC1. The van der Waals surface area contributed by atoms with Gasteiger partial charge in [-0.15, -0.1) is 0 Å². The van der Waals surface area contributed by atoms with E-state index in [1.807, 2.05) is 0 Å². The highest BCUT2D eigenvalue weighted by Gasteiger charge is 2.17. The molecule has 5 nitrogen and oxygen atoms in total. The Bertz CT molecular complexity index is 552. The van der Waals surface area contributed by atoms with Crippen molar-refractivity contribution in [1.82, 2.24) is 10.6 Å². The van der Waals surface area contributed by atoms with Crippen molar-refractivity contribution in [3.05, 3.63) is 30.3 Å². The smallest absolute Gasteiger partial charge is 0.315 e. The molecule has 21 heavy (non-hydrogen) atoms. The molecule has 2 amide bonds. The molecule has 1 fully saturated rings. The van der Waals surface area contributed by atoms with Crippen LogP contribution in [0.2, 0.25) is 0 Å². The number of amides is 2. The quantitative estimate of drug-likeness (QED) is 0.874. The Morgan fingerprint density at radius 3 is 2.43 bits per heavy atom. The maximum atomic E-state index is 12.0. The van der Waals surface area contributed by atoms with Gasteiger partial charge in [-0.05, 0) is 25.0 Å². The third kappa shape index (κ3) is 5.04. The fourth-order valence-electron chi connectivity index (χ4n) is 2.53. The molecule has 0 radical (unpaired) electrons. The fourth-order valence-corrected chi connectivity index (χ4v) is 3.71. The number of hydrogen-bond donors (Lipinski definition) is 2. The maximum absolute atomic E-state index is 12.0. The van der Waals surface area contributed by atoms with Crippen molar-refractivity contribution in [2.24, 2.45) is 0 Å². The molecule has 1 aliphatic rings. The van der Waals surface area contributed by atoms with E-state index < -0.39 is 9.84 Å². The summed E-state index contributed by atoms with van der Waals surface area (Å²) in [5.41, 5.74) is 0. The Morgan fingerprint density at radius 1 is 1.10 bits per heavy atom. The summed E-state index contributed by atoms with van der Waals surface area (Å²) in [6.45, 7) is 0.121. The highest BCUT2D eigenvalue weighted by atomic mass is 32.2. The van der Waals surface area contributed by atoms with Crippen molar-refractivity contribution in [1.29, 1.82) is 0 Å². The van der Waals surface area contributed by atoms with Crippen LogP contribution in [0.1, 0.15) is 32.1 Å². The topological polar surface area (TPSA) is 75.3 Å². The number of urea groups is 1. The average Bonchev–Trinajstić information content (AvgIpc) is 2.49. The van der Waals surface area contributed by atoms with Gasteiger partial charge >= 0.3 is 6.03 Å². The van der Waals surface area contributed by atoms with Gasteiger partial charge in [0.15, 0.2) is 9.84 Å². The molecule has 6 heteroatoms. The van der Waals surface area contributed by atoms with Crippen LogP contribution in [0.5, 0.6) is 0 Å². The van der Waals surface area contributed by atoms with E-state index in [-0.39, 0.29) is 24.4 Å². The van der Waals surface area contributed by atoms with Crippen molar-refractivity contribution in [2.45, 2.75) is 43.0 Å². The van der Waals surface area contributed by atoms with Crippen LogP contribution in [0.4, 0.5) is 4.79 Å². The Kier molecular flexibility index (Phi) is 5.61. The van der Waals surface area contributed by atoms with Crippen LogP contribution in [-0.4, -0.2) is 32.8 Å². The van der Waals surface area contributed by atoms with Crippen molar-refractivity contribution in [2.75, 3.05) is 12.3 Å². The molecule has 2 rings (SSSR count). The van der Waals surface area contributed by atoms with E-state index in [1.165, 1.54) is 6.42 Å². The lowest BCUT2D eigenvalue weighted by Crippen LogP contribution is -2.44. The summed E-state index contributed by atoms with van der Waals surface area (Å²) in [5.74, 6) is -0.0882. The summed E-state index contributed by atoms with van der Waals surface area (Å²) in [6.07, 6.45) is 5.54. The Balaban J connectivity index is 1.74. The average molecular weight is 310 g/mol. The molecule has 0 spiro atoms. The lowest BCUT2D eigenvalue weighted by molar-refractivity contribution is 0.233. The molecule has 0 heterocycles. The molecule has 0 unspecified atom stereocenters. The van der Waals surface area contributed by atoms with Gasteiger partial charge in [-0.25, -0.2) is 13.2 Å². The number of carbonyl (C=O) groups excluding carboxylic acids is 1. The molecule has 0 bridgehead atoms. The van der Waals surface area contributed by atoms with Crippen molar-refractivity contribution in [3.63, 3.8) is 0 Å². The first kappa shape index (κ1) is 15.8. The third-order valence-electron chi connectivity index (χ3n) is 3.70. The third-order valence-corrected chi connectivity index (χ3v) is 5.43. The Hall–Kier alpha value is -1.56. The van der Waals surface area contributed by atoms with Crippen molar-refractivity contribution >= 4 is 15.9 Å². The summed E-state index contributed by atoms with van der Waals surface area (Å²) in [6, 6.07) is 8.24. The van der Waals surface area contributed by atoms with Crippen LogP contribution in [0, 0.1) is 0 Å². The van der Waals surface area contributed by atoms with Gasteiger partial charge in [-0.2, -0.15) is 0 Å². The first-order valence-corrected chi connectivity index (χ1v) is 9.05. The minimum absolute atomic E-state index is 0.0882. The largest absolute Gasteiger partial charge is 0.337 e. The minimum atomic E-state index is -3.33. The number of nitrogens with one attached hydrogen (secondary N) is 2. The highest BCUT2D eigenvalue weighted by Crippen LogP contribution is 2.17. The normalized spacial score (nSPS) is 16.4. The number of benzene rings is 1. The molecular weight excluding hydrogens is 288 g/mol. The van der Waals surface area contributed by atoms with E-state index in [0.717, 1.165) is 25.7 Å². The zero-order valence-electron chi connectivity index (χ0n) is 12.0. The van der Waals surface area contributed by atoms with E-state index in [9.17, 15) is 13.2 Å². The van der Waals surface area contributed by atoms with Gasteiger partial charge in [0.1, 0.15) is 0 Å². The molecule has 0 aliphatic heterocycles. The van der Waals surface area contributed by atoms with Gasteiger partial charge in [0, 0.05) is 12.6 Å². The lowest BCUT2D eigenvalue weighted by Gasteiger charge is -2.22. The van der Waals surface area contributed by atoms with Gasteiger partial charge in [-0.1, -0.05) is 37.5 Å². The second-order valence-corrected chi connectivity index (χ2v) is 7.48. The number of carbonyl (C=O) groups is 1. The zero-order chi connectivity index (χ0) is 15.1. The van der Waals surface area contributed by atoms with Gasteiger partial charge in [0.2, 0.25) is 0 Å². The predicted octanol–water partition coefficient (Wildman–Crippen LogP) is 2.09. The first-order chi connectivity index (χ1) is 10.1. The lowest BCUT2D eigenvalue weighted by atomic mass is 9.96. The second kappa shape index (κ2) is 7.45. The van der Waals surface area contributed by atoms with E-state index in [1.54, 1.807) is 30.3 Å².